The number of benzene rings is 1. The second-order valence-electron chi connectivity index (χ2n) is 8.53. The number of para-hydroxylation sites is 1. The Bertz CT molecular complexity index is 1080. The van der Waals surface area contributed by atoms with Crippen LogP contribution in [-0.2, 0) is 22.5 Å². The predicted molar refractivity (Wildman–Crippen MR) is 121 cm³/mol. The number of rotatable bonds is 11. The lowest BCUT2D eigenvalue weighted by Gasteiger charge is -2.12. The summed E-state index contributed by atoms with van der Waals surface area (Å²) in [6.07, 6.45) is 2.59. The van der Waals surface area contributed by atoms with Crippen LogP contribution in [0.1, 0.15) is 52.8 Å². The van der Waals surface area contributed by atoms with Gasteiger partial charge in [-0.1, -0.05) is 26.0 Å². The van der Waals surface area contributed by atoms with E-state index in [2.05, 4.69) is 29.4 Å². The highest BCUT2D eigenvalue weighted by Crippen LogP contribution is 2.16. The second kappa shape index (κ2) is 10.5. The third-order valence-electron chi connectivity index (χ3n) is 5.17. The molecule has 1 aromatic carbocycles. The van der Waals surface area contributed by atoms with Crippen molar-refractivity contribution >= 4 is 22.6 Å². The van der Waals surface area contributed by atoms with E-state index in [0.29, 0.717) is 61.9 Å². The van der Waals surface area contributed by atoms with E-state index >= 15 is 0 Å². The van der Waals surface area contributed by atoms with Gasteiger partial charge in [0.1, 0.15) is 5.82 Å². The summed E-state index contributed by atoms with van der Waals surface area (Å²) in [6, 6.07) is 7.46. The summed E-state index contributed by atoms with van der Waals surface area (Å²) >= 11 is 0. The van der Waals surface area contributed by atoms with Gasteiger partial charge in [-0.05, 0) is 44.7 Å². The summed E-state index contributed by atoms with van der Waals surface area (Å²) < 4.78 is 9.18. The molecule has 0 aliphatic rings. The molecular weight excluding hydrogens is 394 g/mol. The Morgan fingerprint density at radius 1 is 1.16 bits per heavy atom. The monoisotopic (exact) mass is 427 g/mol. The van der Waals surface area contributed by atoms with E-state index in [-0.39, 0.29) is 17.6 Å². The number of carbonyl (C=O) groups is 1. The van der Waals surface area contributed by atoms with Crippen molar-refractivity contribution in [3.8, 4) is 0 Å². The zero-order valence-electron chi connectivity index (χ0n) is 18.9. The number of hydrogen-bond donors (Lipinski definition) is 1. The van der Waals surface area contributed by atoms with Crippen LogP contribution < -0.4 is 10.9 Å². The molecule has 0 aliphatic heterocycles. The molecule has 1 N–H and O–H groups in total. The minimum absolute atomic E-state index is 0.000797. The number of aryl methyl sites for hydroxylation is 2. The Morgan fingerprint density at radius 2 is 1.94 bits per heavy atom. The van der Waals surface area contributed by atoms with Crippen LogP contribution in [0.5, 0.6) is 0 Å². The van der Waals surface area contributed by atoms with Gasteiger partial charge in [-0.15, -0.1) is 10.2 Å². The number of carbonyl (C=O) groups excluding carboxylic acids is 1. The molecule has 1 amide bonds. The molecule has 8 heteroatoms. The van der Waals surface area contributed by atoms with Crippen molar-refractivity contribution in [1.82, 2.24) is 24.5 Å². The van der Waals surface area contributed by atoms with Crippen LogP contribution in [0.4, 0.5) is 0 Å². The molecule has 0 aliphatic carbocycles. The first-order chi connectivity index (χ1) is 14.9. The SMILES string of the molecule is CC(C)CCNC(=O)CCc1nnc2n(CCCOC(C)C)c(=O)c3ccccc3n12. The number of fused-ring (bicyclic) bond motifs is 3. The lowest BCUT2D eigenvalue weighted by atomic mass is 10.1. The minimum Gasteiger partial charge on any atom is -0.379 e. The Labute approximate surface area is 182 Å². The minimum atomic E-state index is -0.0852. The summed E-state index contributed by atoms with van der Waals surface area (Å²) in [6.45, 7) is 9.99. The number of amides is 1. The van der Waals surface area contributed by atoms with Crippen molar-refractivity contribution in [2.24, 2.45) is 5.92 Å². The Hall–Kier alpha value is -2.74. The van der Waals surface area contributed by atoms with Gasteiger partial charge in [0, 0.05) is 32.5 Å². The van der Waals surface area contributed by atoms with Crippen LogP contribution in [0.3, 0.4) is 0 Å². The van der Waals surface area contributed by atoms with Crippen LogP contribution >= 0.6 is 0 Å². The topological polar surface area (TPSA) is 90.5 Å². The highest BCUT2D eigenvalue weighted by Gasteiger charge is 2.17. The van der Waals surface area contributed by atoms with Crippen LogP contribution in [-0.4, -0.2) is 44.3 Å². The fourth-order valence-corrected chi connectivity index (χ4v) is 3.53. The summed E-state index contributed by atoms with van der Waals surface area (Å²) in [5.74, 6) is 1.73. The molecule has 0 saturated heterocycles. The molecule has 2 aromatic heterocycles. The average Bonchev–Trinajstić information content (AvgIpc) is 3.15. The molecule has 0 unspecified atom stereocenters. The van der Waals surface area contributed by atoms with Gasteiger partial charge in [-0.3, -0.25) is 18.6 Å². The molecule has 0 atom stereocenters. The Morgan fingerprint density at radius 3 is 2.68 bits per heavy atom. The third-order valence-corrected chi connectivity index (χ3v) is 5.17. The molecule has 0 radical (unpaired) electrons. The van der Waals surface area contributed by atoms with Crippen LogP contribution in [0.2, 0.25) is 0 Å². The highest BCUT2D eigenvalue weighted by atomic mass is 16.5. The van der Waals surface area contributed by atoms with E-state index in [4.69, 9.17) is 4.74 Å². The molecule has 31 heavy (non-hydrogen) atoms. The van der Waals surface area contributed by atoms with Crippen LogP contribution in [0.15, 0.2) is 29.1 Å². The van der Waals surface area contributed by atoms with E-state index < -0.39 is 0 Å². The van der Waals surface area contributed by atoms with Gasteiger partial charge < -0.3 is 10.1 Å². The standard InChI is InChI=1S/C23H33N5O3/c1-16(2)12-13-24-21(29)11-10-20-25-26-23-27(14-7-15-31-17(3)4)22(30)18-8-5-6-9-19(18)28(20)23/h5-6,8-9,16-17H,7,10-15H2,1-4H3,(H,24,29). The number of nitrogens with zero attached hydrogens (tertiary/aromatic N) is 4. The lowest BCUT2D eigenvalue weighted by molar-refractivity contribution is -0.121. The van der Waals surface area contributed by atoms with Crippen molar-refractivity contribution in [2.75, 3.05) is 13.2 Å². The molecule has 8 nitrogen and oxygen atoms in total. The van der Waals surface area contributed by atoms with Gasteiger partial charge in [0.2, 0.25) is 11.7 Å². The first kappa shape index (κ1) is 22.9. The number of aromatic nitrogens is 4. The van der Waals surface area contributed by atoms with Gasteiger partial charge >= 0.3 is 0 Å². The molecule has 3 aromatic rings. The second-order valence-corrected chi connectivity index (χ2v) is 8.53. The summed E-state index contributed by atoms with van der Waals surface area (Å²) in [5.41, 5.74) is 0.676. The van der Waals surface area contributed by atoms with Crippen molar-refractivity contribution in [3.63, 3.8) is 0 Å². The zero-order chi connectivity index (χ0) is 22.4. The smallest absolute Gasteiger partial charge is 0.262 e. The van der Waals surface area contributed by atoms with E-state index in [1.165, 1.54) is 0 Å². The Kier molecular flexibility index (Phi) is 7.79. The van der Waals surface area contributed by atoms with Gasteiger partial charge in [0.05, 0.1) is 17.0 Å². The maximum absolute atomic E-state index is 13.1. The van der Waals surface area contributed by atoms with Gasteiger partial charge in [-0.25, -0.2) is 0 Å². The fraction of sp³-hybridized carbons (Fsp3) is 0.565. The number of ether oxygens (including phenoxy) is 1. The predicted octanol–water partition coefficient (Wildman–Crippen LogP) is 2.95. The molecule has 0 fully saturated rings. The molecule has 2 heterocycles. The average molecular weight is 428 g/mol. The van der Waals surface area contributed by atoms with E-state index in [1.807, 2.05) is 42.5 Å². The van der Waals surface area contributed by atoms with Gasteiger partial charge in [0.15, 0.2) is 0 Å². The largest absolute Gasteiger partial charge is 0.379 e. The molecule has 0 bridgehead atoms. The maximum atomic E-state index is 13.1. The molecular formula is C23H33N5O3. The number of nitrogens with one attached hydrogen (secondary N) is 1. The van der Waals surface area contributed by atoms with E-state index in [9.17, 15) is 9.59 Å². The third kappa shape index (κ3) is 5.70. The quantitative estimate of drug-likeness (QED) is 0.475. The molecule has 0 saturated carbocycles. The summed E-state index contributed by atoms with van der Waals surface area (Å²) in [4.78, 5) is 25.3. The van der Waals surface area contributed by atoms with Crippen LogP contribution in [0, 0.1) is 5.92 Å². The normalized spacial score (nSPS) is 11.8. The number of hydrogen-bond acceptors (Lipinski definition) is 5. The highest BCUT2D eigenvalue weighted by molar-refractivity contribution is 5.80. The Balaban J connectivity index is 1.85. The van der Waals surface area contributed by atoms with E-state index in [0.717, 1.165) is 11.9 Å². The van der Waals surface area contributed by atoms with Crippen molar-refractivity contribution in [3.05, 3.63) is 40.4 Å². The molecule has 168 valence electrons. The first-order valence-electron chi connectivity index (χ1n) is 11.1. The van der Waals surface area contributed by atoms with Crippen molar-refractivity contribution in [1.29, 1.82) is 0 Å². The summed E-state index contributed by atoms with van der Waals surface area (Å²) in [5, 5.41) is 12.2. The summed E-state index contributed by atoms with van der Waals surface area (Å²) in [7, 11) is 0. The fourth-order valence-electron chi connectivity index (χ4n) is 3.53. The van der Waals surface area contributed by atoms with Crippen LogP contribution in [0.25, 0.3) is 16.7 Å². The molecule has 3 rings (SSSR count). The molecule has 0 spiro atoms. The van der Waals surface area contributed by atoms with E-state index in [1.54, 1.807) is 4.57 Å². The lowest BCUT2D eigenvalue weighted by Crippen LogP contribution is -2.26. The first-order valence-corrected chi connectivity index (χ1v) is 11.1. The van der Waals surface area contributed by atoms with Crippen molar-refractivity contribution < 1.29 is 9.53 Å². The maximum Gasteiger partial charge on any atom is 0.262 e. The van der Waals surface area contributed by atoms with Gasteiger partial charge in [0.25, 0.3) is 5.56 Å². The zero-order valence-corrected chi connectivity index (χ0v) is 18.9. The van der Waals surface area contributed by atoms with Crippen molar-refractivity contribution in [2.45, 2.75) is 66.0 Å². The van der Waals surface area contributed by atoms with Gasteiger partial charge in [-0.2, -0.15) is 0 Å².